The van der Waals surface area contributed by atoms with E-state index in [9.17, 15) is 0 Å². The van der Waals surface area contributed by atoms with Crippen LogP contribution in [0.1, 0.15) is 38.9 Å². The van der Waals surface area contributed by atoms with E-state index >= 15 is 0 Å². The first-order valence-electron chi connectivity index (χ1n) is 6.30. The van der Waals surface area contributed by atoms with Gasteiger partial charge in [-0.25, -0.2) is 0 Å². The van der Waals surface area contributed by atoms with Crippen molar-refractivity contribution in [2.24, 2.45) is 5.92 Å². The second kappa shape index (κ2) is 7.40. The summed E-state index contributed by atoms with van der Waals surface area (Å²) in [7, 11) is 0. The van der Waals surface area contributed by atoms with Gasteiger partial charge in [0.2, 0.25) is 5.89 Å². The Bertz CT molecular complexity index is 312. The van der Waals surface area contributed by atoms with Gasteiger partial charge in [-0.2, -0.15) is 4.98 Å². The van der Waals surface area contributed by atoms with E-state index in [1.807, 2.05) is 0 Å². The minimum absolute atomic E-state index is 0.224. The molecule has 0 bridgehead atoms. The van der Waals surface area contributed by atoms with Crippen molar-refractivity contribution < 1.29 is 9.63 Å². The molecule has 0 aliphatic heterocycles. The Kier molecular flexibility index (Phi) is 6.15. The minimum Gasteiger partial charge on any atom is -0.396 e. The predicted octanol–water partition coefficient (Wildman–Crippen LogP) is 1.47. The molecule has 0 spiro atoms. The molecule has 0 fully saturated rings. The molecule has 1 N–H and O–H groups in total. The lowest BCUT2D eigenvalue weighted by Gasteiger charge is -2.17. The Balaban J connectivity index is 2.46. The standard InChI is InChI=1S/C12H23N3O2/c1-4-15(6-5-7-16)9-11-13-12(17-14-11)8-10(2)3/h10,16H,4-9H2,1-3H3. The predicted molar refractivity (Wildman–Crippen MR) is 65.5 cm³/mol. The van der Waals surface area contributed by atoms with Gasteiger partial charge in [-0.15, -0.1) is 0 Å². The number of aliphatic hydroxyl groups is 1. The van der Waals surface area contributed by atoms with Crippen LogP contribution in [0.25, 0.3) is 0 Å². The van der Waals surface area contributed by atoms with E-state index in [4.69, 9.17) is 9.63 Å². The lowest BCUT2D eigenvalue weighted by molar-refractivity contribution is 0.220. The lowest BCUT2D eigenvalue weighted by atomic mass is 10.1. The smallest absolute Gasteiger partial charge is 0.226 e. The molecule has 0 saturated heterocycles. The summed E-state index contributed by atoms with van der Waals surface area (Å²) in [4.78, 5) is 6.56. The van der Waals surface area contributed by atoms with Crippen molar-refractivity contribution in [3.63, 3.8) is 0 Å². The molecule has 5 heteroatoms. The molecule has 0 radical (unpaired) electrons. The number of nitrogens with zero attached hydrogens (tertiary/aromatic N) is 3. The monoisotopic (exact) mass is 241 g/mol. The first kappa shape index (κ1) is 14.1. The number of hydrogen-bond acceptors (Lipinski definition) is 5. The van der Waals surface area contributed by atoms with Crippen LogP contribution >= 0.6 is 0 Å². The normalized spacial score (nSPS) is 11.6. The fourth-order valence-electron chi connectivity index (χ4n) is 1.63. The van der Waals surface area contributed by atoms with Crippen molar-refractivity contribution in [1.82, 2.24) is 15.0 Å². The Labute approximate surface area is 103 Å². The van der Waals surface area contributed by atoms with Crippen LogP contribution in [0.5, 0.6) is 0 Å². The van der Waals surface area contributed by atoms with Gasteiger partial charge in [0, 0.05) is 19.6 Å². The SMILES string of the molecule is CCN(CCCO)Cc1noc(CC(C)C)n1. The van der Waals surface area contributed by atoms with Gasteiger partial charge >= 0.3 is 0 Å². The van der Waals surface area contributed by atoms with Gasteiger partial charge in [-0.3, -0.25) is 4.90 Å². The van der Waals surface area contributed by atoms with Gasteiger partial charge < -0.3 is 9.63 Å². The van der Waals surface area contributed by atoms with Crippen LogP contribution in [0.15, 0.2) is 4.52 Å². The molecule has 0 aliphatic rings. The van der Waals surface area contributed by atoms with Crippen LogP contribution in [0, 0.1) is 5.92 Å². The zero-order valence-corrected chi connectivity index (χ0v) is 11.0. The molecule has 1 rings (SSSR count). The van der Waals surface area contributed by atoms with Crippen molar-refractivity contribution in [2.75, 3.05) is 19.7 Å². The van der Waals surface area contributed by atoms with Gasteiger partial charge in [0.15, 0.2) is 5.82 Å². The second-order valence-corrected chi connectivity index (χ2v) is 4.65. The molecule has 0 atom stereocenters. The quantitative estimate of drug-likeness (QED) is 0.746. The summed E-state index contributed by atoms with van der Waals surface area (Å²) in [5.41, 5.74) is 0. The van der Waals surface area contributed by atoms with Gasteiger partial charge in [0.05, 0.1) is 6.54 Å². The maximum atomic E-state index is 8.80. The Morgan fingerprint density at radius 1 is 1.41 bits per heavy atom. The molecule has 1 heterocycles. The molecule has 0 aromatic carbocycles. The van der Waals surface area contributed by atoms with Crippen molar-refractivity contribution in [1.29, 1.82) is 0 Å². The van der Waals surface area contributed by atoms with Gasteiger partial charge in [0.1, 0.15) is 0 Å². The van der Waals surface area contributed by atoms with Crippen LogP contribution in [0.2, 0.25) is 0 Å². The first-order valence-corrected chi connectivity index (χ1v) is 6.30. The summed E-state index contributed by atoms with van der Waals surface area (Å²) < 4.78 is 5.19. The summed E-state index contributed by atoms with van der Waals surface area (Å²) in [5, 5.41) is 12.8. The van der Waals surface area contributed by atoms with Crippen molar-refractivity contribution in [3.05, 3.63) is 11.7 Å². The van der Waals surface area contributed by atoms with E-state index in [0.29, 0.717) is 18.4 Å². The van der Waals surface area contributed by atoms with Gasteiger partial charge in [-0.05, 0) is 18.9 Å². The van der Waals surface area contributed by atoms with Crippen LogP contribution < -0.4 is 0 Å². The molecule has 17 heavy (non-hydrogen) atoms. The van der Waals surface area contributed by atoms with Crippen molar-refractivity contribution in [3.8, 4) is 0 Å². The maximum Gasteiger partial charge on any atom is 0.226 e. The molecular weight excluding hydrogens is 218 g/mol. The lowest BCUT2D eigenvalue weighted by Crippen LogP contribution is -2.25. The highest BCUT2D eigenvalue weighted by atomic mass is 16.5. The molecule has 0 aliphatic carbocycles. The maximum absolute atomic E-state index is 8.80. The third-order valence-electron chi connectivity index (χ3n) is 2.54. The highest BCUT2D eigenvalue weighted by Gasteiger charge is 2.11. The van der Waals surface area contributed by atoms with E-state index in [1.54, 1.807) is 0 Å². The topological polar surface area (TPSA) is 62.4 Å². The molecule has 5 nitrogen and oxygen atoms in total. The highest BCUT2D eigenvalue weighted by molar-refractivity contribution is 4.87. The van der Waals surface area contributed by atoms with E-state index < -0.39 is 0 Å². The minimum atomic E-state index is 0.224. The molecule has 1 aromatic rings. The van der Waals surface area contributed by atoms with Gasteiger partial charge in [-0.1, -0.05) is 25.9 Å². The summed E-state index contributed by atoms with van der Waals surface area (Å²) in [6.45, 7) is 9.05. The molecule has 0 amide bonds. The number of aliphatic hydroxyl groups excluding tert-OH is 1. The number of hydrogen-bond donors (Lipinski definition) is 1. The largest absolute Gasteiger partial charge is 0.396 e. The molecule has 98 valence electrons. The molecule has 1 aromatic heterocycles. The molecule has 0 unspecified atom stereocenters. The fraction of sp³-hybridized carbons (Fsp3) is 0.833. The summed E-state index contributed by atoms with van der Waals surface area (Å²) in [5.74, 6) is 1.98. The van der Waals surface area contributed by atoms with E-state index in [2.05, 4.69) is 35.8 Å². The Hall–Kier alpha value is -0.940. The van der Waals surface area contributed by atoms with Gasteiger partial charge in [0.25, 0.3) is 0 Å². The van der Waals surface area contributed by atoms with Crippen molar-refractivity contribution >= 4 is 0 Å². The zero-order valence-electron chi connectivity index (χ0n) is 11.0. The van der Waals surface area contributed by atoms with Crippen LogP contribution in [-0.4, -0.2) is 39.8 Å². The summed E-state index contributed by atoms with van der Waals surface area (Å²) in [6.07, 6.45) is 1.61. The average Bonchev–Trinajstić information content (AvgIpc) is 2.70. The van der Waals surface area contributed by atoms with Crippen LogP contribution in [-0.2, 0) is 13.0 Å². The number of aromatic nitrogens is 2. The van der Waals surface area contributed by atoms with E-state index in [1.165, 1.54) is 0 Å². The third kappa shape index (κ3) is 5.28. The first-order chi connectivity index (χ1) is 8.15. The Morgan fingerprint density at radius 3 is 2.76 bits per heavy atom. The third-order valence-corrected chi connectivity index (χ3v) is 2.54. The fourth-order valence-corrected chi connectivity index (χ4v) is 1.63. The van der Waals surface area contributed by atoms with Crippen LogP contribution in [0.3, 0.4) is 0 Å². The second-order valence-electron chi connectivity index (χ2n) is 4.65. The molecular formula is C12H23N3O2. The van der Waals surface area contributed by atoms with Crippen LogP contribution in [0.4, 0.5) is 0 Å². The Morgan fingerprint density at radius 2 is 2.18 bits per heavy atom. The van der Waals surface area contributed by atoms with E-state index in [-0.39, 0.29) is 6.61 Å². The van der Waals surface area contributed by atoms with Crippen molar-refractivity contribution in [2.45, 2.75) is 40.2 Å². The highest BCUT2D eigenvalue weighted by Crippen LogP contribution is 2.07. The average molecular weight is 241 g/mol. The summed E-state index contributed by atoms with van der Waals surface area (Å²) >= 11 is 0. The molecule has 0 saturated carbocycles. The summed E-state index contributed by atoms with van der Waals surface area (Å²) in [6, 6.07) is 0. The van der Waals surface area contributed by atoms with E-state index in [0.717, 1.165) is 31.8 Å². The number of rotatable bonds is 8. The zero-order chi connectivity index (χ0) is 12.7.